The van der Waals surface area contributed by atoms with Gasteiger partial charge in [0.2, 0.25) is 0 Å². The van der Waals surface area contributed by atoms with Gasteiger partial charge in [-0.3, -0.25) is 0 Å². The Morgan fingerprint density at radius 3 is 2.14 bits per heavy atom. The van der Waals surface area contributed by atoms with E-state index in [2.05, 4.69) is 16.6 Å². The van der Waals surface area contributed by atoms with Crippen LogP contribution in [0, 0.1) is 11.8 Å². The molecule has 1 unspecified atom stereocenters. The lowest BCUT2D eigenvalue weighted by molar-refractivity contribution is -0.274. The third kappa shape index (κ3) is 4.86. The molecule has 2 rings (SSSR count). The molecule has 2 nitrogen and oxygen atoms in total. The van der Waals surface area contributed by atoms with Crippen LogP contribution in [0.4, 0.5) is 13.2 Å². The van der Waals surface area contributed by atoms with Gasteiger partial charge in [-0.1, -0.05) is 42.2 Å². The molecule has 5 heteroatoms. The second-order valence-electron chi connectivity index (χ2n) is 4.15. The fourth-order valence-corrected chi connectivity index (χ4v) is 1.61. The summed E-state index contributed by atoms with van der Waals surface area (Å²) in [4.78, 5) is 0. The van der Waals surface area contributed by atoms with E-state index in [1.54, 1.807) is 24.3 Å². The molecule has 0 aliphatic heterocycles. The van der Waals surface area contributed by atoms with E-state index in [0.29, 0.717) is 11.1 Å². The maximum atomic E-state index is 12.0. The maximum Gasteiger partial charge on any atom is 0.573 e. The first-order valence-corrected chi connectivity index (χ1v) is 6.04. The minimum atomic E-state index is -4.71. The zero-order chi connectivity index (χ0) is 15.3. The molecule has 0 bridgehead atoms. The Morgan fingerprint density at radius 2 is 1.57 bits per heavy atom. The summed E-state index contributed by atoms with van der Waals surface area (Å²) in [6.45, 7) is 0. The van der Waals surface area contributed by atoms with Crippen molar-refractivity contribution in [1.82, 2.24) is 0 Å². The molecule has 2 aromatic rings. The Balaban J connectivity index is 2.06. The van der Waals surface area contributed by atoms with Crippen LogP contribution in [-0.2, 0) is 0 Å². The van der Waals surface area contributed by atoms with Crippen LogP contribution in [0.25, 0.3) is 0 Å². The van der Waals surface area contributed by atoms with E-state index in [4.69, 9.17) is 0 Å². The third-order valence-corrected chi connectivity index (χ3v) is 2.56. The SMILES string of the molecule is OC(C#Cc1ccc(OC(F)(F)F)cc1)c1ccccc1. The largest absolute Gasteiger partial charge is 0.573 e. The molecule has 0 fully saturated rings. The van der Waals surface area contributed by atoms with Crippen LogP contribution in [0.5, 0.6) is 5.75 Å². The van der Waals surface area contributed by atoms with Gasteiger partial charge >= 0.3 is 6.36 Å². The highest BCUT2D eigenvalue weighted by atomic mass is 19.4. The Bertz CT molecular complexity index is 637. The first kappa shape index (κ1) is 14.9. The zero-order valence-corrected chi connectivity index (χ0v) is 10.8. The molecule has 21 heavy (non-hydrogen) atoms. The number of rotatable bonds is 2. The van der Waals surface area contributed by atoms with Gasteiger partial charge in [0.25, 0.3) is 0 Å². The standard InChI is InChI=1S/C16H11F3O2/c17-16(18,19)21-14-9-6-12(7-10-14)8-11-15(20)13-4-2-1-3-5-13/h1-7,9-10,15,20H. The van der Waals surface area contributed by atoms with Gasteiger partial charge in [-0.25, -0.2) is 0 Å². The molecule has 1 atom stereocenters. The number of alkyl halides is 3. The van der Waals surface area contributed by atoms with Gasteiger partial charge in [0, 0.05) is 5.56 Å². The van der Waals surface area contributed by atoms with E-state index < -0.39 is 12.5 Å². The van der Waals surface area contributed by atoms with Crippen LogP contribution in [0.3, 0.4) is 0 Å². The Labute approximate surface area is 119 Å². The first-order chi connectivity index (χ1) is 9.94. The van der Waals surface area contributed by atoms with Crippen LogP contribution in [0.15, 0.2) is 54.6 Å². The number of hydrogen-bond acceptors (Lipinski definition) is 2. The van der Waals surface area contributed by atoms with E-state index in [9.17, 15) is 18.3 Å². The Kier molecular flexibility index (Phi) is 4.51. The molecule has 0 saturated carbocycles. The summed E-state index contributed by atoms with van der Waals surface area (Å²) < 4.78 is 39.8. The second-order valence-corrected chi connectivity index (χ2v) is 4.15. The molecule has 0 aliphatic rings. The molecular weight excluding hydrogens is 281 g/mol. The molecule has 0 amide bonds. The lowest BCUT2D eigenvalue weighted by atomic mass is 10.1. The molecule has 0 radical (unpaired) electrons. The molecule has 0 aromatic heterocycles. The van der Waals surface area contributed by atoms with Gasteiger partial charge in [0.15, 0.2) is 0 Å². The second kappa shape index (κ2) is 6.33. The first-order valence-electron chi connectivity index (χ1n) is 6.04. The van der Waals surface area contributed by atoms with Crippen molar-refractivity contribution in [2.45, 2.75) is 12.5 Å². The predicted octanol–water partition coefficient (Wildman–Crippen LogP) is 3.67. The van der Waals surface area contributed by atoms with Gasteiger partial charge in [-0.05, 0) is 29.8 Å². The number of aliphatic hydroxyl groups is 1. The van der Waals surface area contributed by atoms with Crippen LogP contribution < -0.4 is 4.74 Å². The van der Waals surface area contributed by atoms with Crippen molar-refractivity contribution in [1.29, 1.82) is 0 Å². The van der Waals surface area contributed by atoms with Crippen LogP contribution in [0.1, 0.15) is 17.2 Å². The van der Waals surface area contributed by atoms with Gasteiger partial charge in [-0.15, -0.1) is 13.2 Å². The summed E-state index contributed by atoms with van der Waals surface area (Å²) in [7, 11) is 0. The van der Waals surface area contributed by atoms with Crippen molar-refractivity contribution in [2.75, 3.05) is 0 Å². The molecule has 108 valence electrons. The quantitative estimate of drug-likeness (QED) is 0.856. The molecule has 0 aliphatic carbocycles. The molecule has 0 saturated heterocycles. The van der Waals surface area contributed by atoms with E-state index in [0.717, 1.165) is 0 Å². The lowest BCUT2D eigenvalue weighted by Gasteiger charge is -2.08. The monoisotopic (exact) mass is 292 g/mol. The lowest BCUT2D eigenvalue weighted by Crippen LogP contribution is -2.16. The number of halogens is 3. The topological polar surface area (TPSA) is 29.5 Å². The van der Waals surface area contributed by atoms with Crippen LogP contribution in [0.2, 0.25) is 0 Å². The van der Waals surface area contributed by atoms with E-state index in [1.165, 1.54) is 24.3 Å². The van der Waals surface area contributed by atoms with Gasteiger partial charge < -0.3 is 9.84 Å². The fourth-order valence-electron chi connectivity index (χ4n) is 1.61. The van der Waals surface area contributed by atoms with Gasteiger partial charge in [0.05, 0.1) is 0 Å². The highest BCUT2D eigenvalue weighted by Gasteiger charge is 2.30. The van der Waals surface area contributed by atoms with Crippen molar-refractivity contribution in [3.8, 4) is 17.6 Å². The van der Waals surface area contributed by atoms with Crippen molar-refractivity contribution in [3.63, 3.8) is 0 Å². The molecule has 0 heterocycles. The Hall–Kier alpha value is -2.45. The third-order valence-electron chi connectivity index (χ3n) is 2.56. The van der Waals surface area contributed by atoms with Crippen LogP contribution in [-0.4, -0.2) is 11.5 Å². The van der Waals surface area contributed by atoms with Crippen molar-refractivity contribution >= 4 is 0 Å². The van der Waals surface area contributed by atoms with Gasteiger partial charge in [-0.2, -0.15) is 0 Å². The highest BCUT2D eigenvalue weighted by molar-refractivity contribution is 5.40. The summed E-state index contributed by atoms with van der Waals surface area (Å²) in [6, 6.07) is 14.0. The summed E-state index contributed by atoms with van der Waals surface area (Å²) in [5.74, 6) is 5.01. The predicted molar refractivity (Wildman–Crippen MR) is 71.4 cm³/mol. The van der Waals surface area contributed by atoms with E-state index in [1.807, 2.05) is 6.07 Å². The minimum absolute atomic E-state index is 0.309. The zero-order valence-electron chi connectivity index (χ0n) is 10.8. The molecule has 1 N–H and O–H groups in total. The van der Waals surface area contributed by atoms with Crippen molar-refractivity contribution < 1.29 is 23.0 Å². The fraction of sp³-hybridized carbons (Fsp3) is 0.125. The van der Waals surface area contributed by atoms with Gasteiger partial charge in [0.1, 0.15) is 11.9 Å². The van der Waals surface area contributed by atoms with Crippen LogP contribution >= 0.6 is 0 Å². The number of ether oxygens (including phenoxy) is 1. The molecular formula is C16H11F3O2. The van der Waals surface area contributed by atoms with E-state index in [-0.39, 0.29) is 5.75 Å². The number of hydrogen-bond donors (Lipinski definition) is 1. The summed E-state index contributed by atoms with van der Waals surface area (Å²) >= 11 is 0. The normalized spacial score (nSPS) is 12.2. The molecule has 0 spiro atoms. The maximum absolute atomic E-state index is 12.0. The highest BCUT2D eigenvalue weighted by Crippen LogP contribution is 2.22. The van der Waals surface area contributed by atoms with Crippen molar-refractivity contribution in [2.24, 2.45) is 0 Å². The summed E-state index contributed by atoms with van der Waals surface area (Å²) in [5.41, 5.74) is 1.14. The minimum Gasteiger partial charge on any atom is -0.406 e. The number of benzene rings is 2. The summed E-state index contributed by atoms with van der Waals surface area (Å²) in [5, 5.41) is 9.84. The Morgan fingerprint density at radius 1 is 0.952 bits per heavy atom. The van der Waals surface area contributed by atoms with Crippen molar-refractivity contribution in [3.05, 3.63) is 65.7 Å². The number of aliphatic hydroxyl groups excluding tert-OH is 1. The molecule has 2 aromatic carbocycles. The smallest absolute Gasteiger partial charge is 0.406 e. The average Bonchev–Trinajstić information content (AvgIpc) is 2.45. The van der Waals surface area contributed by atoms with E-state index >= 15 is 0 Å². The summed E-state index contributed by atoms with van der Waals surface area (Å²) in [6.07, 6.45) is -5.66. The average molecular weight is 292 g/mol.